The Balaban J connectivity index is 2.60. The Morgan fingerprint density at radius 3 is 1.84 bits per heavy atom. The van der Waals surface area contributed by atoms with Crippen molar-refractivity contribution in [3.63, 3.8) is 0 Å². The van der Waals surface area contributed by atoms with E-state index >= 15 is 0 Å². The highest BCUT2D eigenvalue weighted by Gasteiger charge is 2.06. The highest BCUT2D eigenvalue weighted by molar-refractivity contribution is 5.52. The van der Waals surface area contributed by atoms with Gasteiger partial charge in [0, 0.05) is 18.8 Å². The van der Waals surface area contributed by atoms with Crippen LogP contribution in [0.25, 0.3) is 0 Å². The number of anilines is 1. The molecule has 19 heavy (non-hydrogen) atoms. The van der Waals surface area contributed by atoms with Crippen LogP contribution in [0.5, 0.6) is 0 Å². The minimum atomic E-state index is 0.505. The van der Waals surface area contributed by atoms with E-state index in [1.54, 1.807) is 12.1 Å². The summed E-state index contributed by atoms with van der Waals surface area (Å²) in [6.45, 7) is 6.66. The average molecular weight is 262 g/mol. The summed E-state index contributed by atoms with van der Waals surface area (Å²) in [5, 5.41) is 2.95. The number of benzene rings is 1. The van der Waals surface area contributed by atoms with Gasteiger partial charge in [0.1, 0.15) is 5.69 Å². The van der Waals surface area contributed by atoms with Gasteiger partial charge in [0.2, 0.25) is 0 Å². The fourth-order valence-electron chi connectivity index (χ4n) is 2.20. The summed E-state index contributed by atoms with van der Waals surface area (Å²) in [6, 6.07) is 7.62. The van der Waals surface area contributed by atoms with E-state index in [1.165, 1.54) is 44.2 Å². The molecule has 1 aromatic carbocycles. The lowest BCUT2D eigenvalue weighted by atomic mass is 10.2. The van der Waals surface area contributed by atoms with Crippen molar-refractivity contribution in [2.45, 2.75) is 52.4 Å². The van der Waals surface area contributed by atoms with E-state index in [9.17, 15) is 4.91 Å². The van der Waals surface area contributed by atoms with Crippen molar-refractivity contribution in [2.24, 2.45) is 5.18 Å². The van der Waals surface area contributed by atoms with E-state index in [2.05, 4.69) is 23.9 Å². The molecule has 0 aliphatic rings. The summed E-state index contributed by atoms with van der Waals surface area (Å²) in [5.41, 5.74) is 1.71. The zero-order chi connectivity index (χ0) is 13.9. The van der Waals surface area contributed by atoms with Gasteiger partial charge in [-0.15, -0.1) is 4.91 Å². The van der Waals surface area contributed by atoms with Gasteiger partial charge in [-0.2, -0.15) is 0 Å². The van der Waals surface area contributed by atoms with E-state index in [0.29, 0.717) is 5.69 Å². The summed E-state index contributed by atoms with van der Waals surface area (Å²) < 4.78 is 0. The second-order valence-electron chi connectivity index (χ2n) is 5.01. The molecule has 106 valence electrons. The lowest BCUT2D eigenvalue weighted by Gasteiger charge is -2.25. The summed E-state index contributed by atoms with van der Waals surface area (Å²) in [5.74, 6) is 0. The first-order chi connectivity index (χ1) is 9.31. The number of unbranched alkanes of at least 4 members (excludes halogenated alkanes) is 4. The van der Waals surface area contributed by atoms with Gasteiger partial charge in [-0.1, -0.05) is 39.5 Å². The zero-order valence-electron chi connectivity index (χ0n) is 12.3. The number of nitroso groups, excluding NO2 is 1. The number of hydrogen-bond acceptors (Lipinski definition) is 3. The van der Waals surface area contributed by atoms with Crippen molar-refractivity contribution in [3.8, 4) is 0 Å². The second-order valence-corrected chi connectivity index (χ2v) is 5.01. The van der Waals surface area contributed by atoms with Crippen LogP contribution in [0.1, 0.15) is 52.4 Å². The van der Waals surface area contributed by atoms with E-state index in [1.807, 2.05) is 12.1 Å². The molecule has 0 atom stereocenters. The predicted octanol–water partition coefficient (Wildman–Crippen LogP) is 5.27. The van der Waals surface area contributed by atoms with E-state index in [4.69, 9.17) is 0 Å². The smallest absolute Gasteiger partial charge is 0.108 e. The molecule has 0 aromatic heterocycles. The van der Waals surface area contributed by atoms with E-state index in [-0.39, 0.29) is 0 Å². The molecular formula is C16H26N2O. The zero-order valence-corrected chi connectivity index (χ0v) is 12.3. The molecule has 0 N–H and O–H groups in total. The first kappa shape index (κ1) is 15.7. The summed E-state index contributed by atoms with van der Waals surface area (Å²) >= 11 is 0. The normalized spacial score (nSPS) is 10.4. The molecule has 0 fully saturated rings. The van der Waals surface area contributed by atoms with Crippen LogP contribution in [0.2, 0.25) is 0 Å². The maximum atomic E-state index is 10.4. The third kappa shape index (κ3) is 5.86. The van der Waals surface area contributed by atoms with Crippen LogP contribution in [0.4, 0.5) is 11.4 Å². The topological polar surface area (TPSA) is 32.7 Å². The first-order valence-corrected chi connectivity index (χ1v) is 7.50. The van der Waals surface area contributed by atoms with Crippen molar-refractivity contribution in [3.05, 3.63) is 29.2 Å². The maximum absolute atomic E-state index is 10.4. The summed E-state index contributed by atoms with van der Waals surface area (Å²) in [7, 11) is 0. The number of hydrogen-bond donors (Lipinski definition) is 0. The largest absolute Gasteiger partial charge is 0.372 e. The van der Waals surface area contributed by atoms with Crippen molar-refractivity contribution in [1.82, 2.24) is 0 Å². The number of nitrogens with zero attached hydrogens (tertiary/aromatic N) is 2. The molecule has 0 aliphatic heterocycles. The van der Waals surface area contributed by atoms with Crippen LogP contribution in [-0.4, -0.2) is 13.1 Å². The first-order valence-electron chi connectivity index (χ1n) is 7.50. The monoisotopic (exact) mass is 262 g/mol. The molecule has 0 unspecified atom stereocenters. The van der Waals surface area contributed by atoms with Crippen LogP contribution < -0.4 is 4.90 Å². The Morgan fingerprint density at radius 1 is 0.895 bits per heavy atom. The fourth-order valence-corrected chi connectivity index (χ4v) is 2.20. The summed E-state index contributed by atoms with van der Waals surface area (Å²) in [4.78, 5) is 12.9. The van der Waals surface area contributed by atoms with Crippen LogP contribution in [0.15, 0.2) is 29.4 Å². The Bertz CT molecular complexity index is 338. The van der Waals surface area contributed by atoms with Gasteiger partial charge in [0.15, 0.2) is 0 Å². The Kier molecular flexibility index (Phi) is 7.87. The second kappa shape index (κ2) is 9.54. The Morgan fingerprint density at radius 2 is 1.42 bits per heavy atom. The van der Waals surface area contributed by atoms with Crippen LogP contribution >= 0.6 is 0 Å². The van der Waals surface area contributed by atoms with E-state index in [0.717, 1.165) is 13.1 Å². The van der Waals surface area contributed by atoms with Crippen molar-refractivity contribution < 1.29 is 0 Å². The molecule has 0 amide bonds. The number of rotatable bonds is 10. The van der Waals surface area contributed by atoms with Gasteiger partial charge in [-0.05, 0) is 42.3 Å². The van der Waals surface area contributed by atoms with Crippen LogP contribution in [0.3, 0.4) is 0 Å². The van der Waals surface area contributed by atoms with Crippen molar-refractivity contribution in [2.75, 3.05) is 18.0 Å². The van der Waals surface area contributed by atoms with Gasteiger partial charge in [-0.3, -0.25) is 0 Å². The lowest BCUT2D eigenvalue weighted by Crippen LogP contribution is -2.25. The van der Waals surface area contributed by atoms with Crippen molar-refractivity contribution >= 4 is 11.4 Å². The van der Waals surface area contributed by atoms with Crippen LogP contribution in [0, 0.1) is 4.91 Å². The van der Waals surface area contributed by atoms with Crippen LogP contribution in [-0.2, 0) is 0 Å². The SMILES string of the molecule is CCCCCN(CCCCC)c1ccc(N=O)cc1. The summed E-state index contributed by atoms with van der Waals surface area (Å²) in [6.07, 6.45) is 7.51. The molecule has 0 radical (unpaired) electrons. The molecule has 3 nitrogen and oxygen atoms in total. The lowest BCUT2D eigenvalue weighted by molar-refractivity contribution is 0.636. The standard InChI is InChI=1S/C16H26N2O/c1-3-5-7-13-18(14-8-6-4-2)16-11-9-15(17-19)10-12-16/h9-12H,3-8,13-14H2,1-2H3. The fraction of sp³-hybridized carbons (Fsp3) is 0.625. The molecule has 0 spiro atoms. The molecule has 0 saturated carbocycles. The highest BCUT2D eigenvalue weighted by atomic mass is 16.3. The van der Waals surface area contributed by atoms with Gasteiger partial charge in [-0.25, -0.2) is 0 Å². The third-order valence-corrected chi connectivity index (χ3v) is 3.38. The molecule has 0 bridgehead atoms. The van der Waals surface area contributed by atoms with Gasteiger partial charge in [0.25, 0.3) is 0 Å². The Labute approximate surface area is 117 Å². The molecule has 1 rings (SSSR count). The van der Waals surface area contributed by atoms with Gasteiger partial charge in [0.05, 0.1) is 0 Å². The minimum Gasteiger partial charge on any atom is -0.372 e. The Hall–Kier alpha value is -1.38. The van der Waals surface area contributed by atoms with Gasteiger partial charge < -0.3 is 4.90 Å². The molecule has 0 heterocycles. The molecule has 0 aliphatic carbocycles. The maximum Gasteiger partial charge on any atom is 0.108 e. The highest BCUT2D eigenvalue weighted by Crippen LogP contribution is 2.20. The molecular weight excluding hydrogens is 236 g/mol. The molecule has 0 saturated heterocycles. The van der Waals surface area contributed by atoms with E-state index < -0.39 is 0 Å². The molecule has 1 aromatic rings. The average Bonchev–Trinajstić information content (AvgIpc) is 2.46. The third-order valence-electron chi connectivity index (χ3n) is 3.38. The predicted molar refractivity (Wildman–Crippen MR) is 83.2 cm³/mol. The van der Waals surface area contributed by atoms with Crippen molar-refractivity contribution in [1.29, 1.82) is 0 Å². The quantitative estimate of drug-likeness (QED) is 0.425. The van der Waals surface area contributed by atoms with Gasteiger partial charge >= 0.3 is 0 Å². The minimum absolute atomic E-state index is 0.505. The molecule has 3 heteroatoms.